The highest BCUT2D eigenvalue weighted by Gasteiger charge is 2.56. The Hall–Kier alpha value is -4.47. The molecule has 10 heteroatoms. The van der Waals surface area contributed by atoms with E-state index in [1.807, 2.05) is 56.3 Å². The molecule has 1 fully saturated rings. The first-order valence-electron chi connectivity index (χ1n) is 14.1. The molecular formula is C33H32F3N3O4. The molecule has 224 valence electrons. The van der Waals surface area contributed by atoms with Gasteiger partial charge in [-0.25, -0.2) is 0 Å². The van der Waals surface area contributed by atoms with Crippen molar-refractivity contribution in [2.75, 3.05) is 20.2 Å². The number of para-hydroxylation sites is 1. The number of nitrogens with zero attached hydrogens (tertiary/aromatic N) is 2. The van der Waals surface area contributed by atoms with E-state index in [1.54, 1.807) is 18.9 Å². The van der Waals surface area contributed by atoms with Crippen molar-refractivity contribution in [1.82, 2.24) is 14.8 Å². The van der Waals surface area contributed by atoms with Crippen molar-refractivity contribution in [3.05, 3.63) is 94.7 Å². The monoisotopic (exact) mass is 591 g/mol. The molecule has 7 nitrogen and oxygen atoms in total. The Kier molecular flexibility index (Phi) is 6.90. The number of carbonyl (C=O) groups is 2. The molecule has 2 aliphatic rings. The number of aromatic amines is 1. The summed E-state index contributed by atoms with van der Waals surface area (Å²) in [5.41, 5.74) is 1.33. The van der Waals surface area contributed by atoms with Crippen LogP contribution in [0.25, 0.3) is 10.9 Å². The molecule has 43 heavy (non-hydrogen) atoms. The number of halogens is 3. The molecule has 0 bridgehead atoms. The minimum absolute atomic E-state index is 0.0498. The van der Waals surface area contributed by atoms with Crippen LogP contribution in [0.1, 0.15) is 54.6 Å². The Morgan fingerprint density at radius 3 is 2.51 bits per heavy atom. The topological polar surface area (TPSA) is 74.9 Å². The Bertz CT molecular complexity index is 1730. The minimum atomic E-state index is -4.51. The lowest BCUT2D eigenvalue weighted by molar-refractivity contribution is -0.167. The molecule has 2 aliphatic heterocycles. The van der Waals surface area contributed by atoms with Crippen molar-refractivity contribution >= 4 is 22.7 Å². The molecule has 3 heterocycles. The van der Waals surface area contributed by atoms with Gasteiger partial charge in [0.05, 0.1) is 24.5 Å². The molecule has 2 atom stereocenters. The second-order valence-corrected chi connectivity index (χ2v) is 11.5. The number of methoxy groups -OCH3 is 1. The van der Waals surface area contributed by atoms with Crippen molar-refractivity contribution in [2.45, 2.75) is 51.1 Å². The molecule has 0 aliphatic carbocycles. The normalized spacial score (nSPS) is 20.4. The smallest absolute Gasteiger partial charge is 0.416 e. The standard InChI is InChI=1S/C33H32F3N3O4/c1-19(2)43-26-13-12-21(15-27(26)42-4)24-17-39-28(40)18-38(16-20-8-7-9-22(14-20)33(34,35)36)31(41)32(39,3)30-29(24)23-10-5-6-11-25(23)37-30/h5-15,19,24,37H,16-18H2,1-4H3/t24?,32-/m0/s1. The van der Waals surface area contributed by atoms with E-state index in [0.29, 0.717) is 22.8 Å². The fraction of sp³-hybridized carbons (Fsp3) is 0.333. The van der Waals surface area contributed by atoms with E-state index in [0.717, 1.165) is 34.2 Å². The van der Waals surface area contributed by atoms with Crippen LogP contribution >= 0.6 is 0 Å². The third kappa shape index (κ3) is 4.78. The lowest BCUT2D eigenvalue weighted by Crippen LogP contribution is -2.67. The molecule has 2 amide bonds. The van der Waals surface area contributed by atoms with Gasteiger partial charge in [-0.05, 0) is 67.8 Å². The number of aromatic nitrogens is 1. The molecule has 4 aromatic rings. The second-order valence-electron chi connectivity index (χ2n) is 11.5. The van der Waals surface area contributed by atoms with Crippen LogP contribution in [-0.4, -0.2) is 52.9 Å². The predicted octanol–water partition coefficient (Wildman–Crippen LogP) is 6.21. The van der Waals surface area contributed by atoms with Gasteiger partial charge in [-0.2, -0.15) is 13.2 Å². The predicted molar refractivity (Wildman–Crippen MR) is 155 cm³/mol. The van der Waals surface area contributed by atoms with E-state index in [-0.39, 0.29) is 43.5 Å². The number of H-pyrrole nitrogens is 1. The quantitative estimate of drug-likeness (QED) is 0.289. The SMILES string of the molecule is COc1cc(C2CN3C(=O)CN(Cc4cccc(C(F)(F)F)c4)C(=O)[C@]3(C)c3[nH]c4ccccc4c32)ccc1OC(C)C. The summed E-state index contributed by atoms with van der Waals surface area (Å²) < 4.78 is 51.7. The summed E-state index contributed by atoms with van der Waals surface area (Å²) in [5, 5.41) is 0.931. The van der Waals surface area contributed by atoms with Gasteiger partial charge in [0.2, 0.25) is 5.91 Å². The van der Waals surface area contributed by atoms with Gasteiger partial charge in [-0.1, -0.05) is 36.4 Å². The number of alkyl halides is 3. The highest BCUT2D eigenvalue weighted by atomic mass is 19.4. The number of nitrogens with one attached hydrogen (secondary N) is 1. The first-order chi connectivity index (χ1) is 20.4. The van der Waals surface area contributed by atoms with Gasteiger partial charge >= 0.3 is 6.18 Å². The summed E-state index contributed by atoms with van der Waals surface area (Å²) in [4.78, 5) is 34.5. The molecule has 0 radical (unpaired) electrons. The van der Waals surface area contributed by atoms with Crippen molar-refractivity contribution < 1.29 is 32.2 Å². The van der Waals surface area contributed by atoms with Gasteiger partial charge in [0.25, 0.3) is 5.91 Å². The number of rotatable bonds is 6. The van der Waals surface area contributed by atoms with Gasteiger partial charge in [-0.15, -0.1) is 0 Å². The van der Waals surface area contributed by atoms with E-state index in [4.69, 9.17) is 9.47 Å². The van der Waals surface area contributed by atoms with Crippen molar-refractivity contribution in [1.29, 1.82) is 0 Å². The first-order valence-corrected chi connectivity index (χ1v) is 14.1. The number of ether oxygens (including phenoxy) is 2. The maximum Gasteiger partial charge on any atom is 0.416 e. The van der Waals surface area contributed by atoms with Gasteiger partial charge in [0.1, 0.15) is 6.54 Å². The van der Waals surface area contributed by atoms with E-state index in [2.05, 4.69) is 4.98 Å². The van der Waals surface area contributed by atoms with Gasteiger partial charge in [0.15, 0.2) is 17.0 Å². The van der Waals surface area contributed by atoms with Crippen LogP contribution < -0.4 is 9.47 Å². The first kappa shape index (κ1) is 28.6. The van der Waals surface area contributed by atoms with Crippen LogP contribution in [0.4, 0.5) is 13.2 Å². The Labute approximate surface area is 247 Å². The van der Waals surface area contributed by atoms with Crippen LogP contribution in [0.3, 0.4) is 0 Å². The summed E-state index contributed by atoms with van der Waals surface area (Å²) in [6.07, 6.45) is -4.56. The van der Waals surface area contributed by atoms with Crippen molar-refractivity contribution in [3.63, 3.8) is 0 Å². The average Bonchev–Trinajstić information content (AvgIpc) is 3.36. The van der Waals surface area contributed by atoms with Gasteiger partial charge in [-0.3, -0.25) is 9.59 Å². The van der Waals surface area contributed by atoms with E-state index >= 15 is 0 Å². The largest absolute Gasteiger partial charge is 0.493 e. The average molecular weight is 592 g/mol. The fourth-order valence-electron chi connectivity index (χ4n) is 6.42. The third-order valence-corrected chi connectivity index (χ3v) is 8.40. The number of benzene rings is 3. The van der Waals surface area contributed by atoms with Crippen molar-refractivity contribution in [2.24, 2.45) is 0 Å². The maximum atomic E-state index is 14.3. The van der Waals surface area contributed by atoms with Crippen LogP contribution in [-0.2, 0) is 27.8 Å². The zero-order valence-electron chi connectivity index (χ0n) is 24.3. The summed E-state index contributed by atoms with van der Waals surface area (Å²) in [5.74, 6) is 0.252. The molecule has 1 saturated heterocycles. The molecule has 3 aromatic carbocycles. The number of carbonyl (C=O) groups excluding carboxylic acids is 2. The zero-order chi connectivity index (χ0) is 30.7. The Balaban J connectivity index is 1.44. The Morgan fingerprint density at radius 2 is 1.79 bits per heavy atom. The summed E-state index contributed by atoms with van der Waals surface area (Å²) in [6.45, 7) is 5.46. The number of piperazine rings is 1. The summed E-state index contributed by atoms with van der Waals surface area (Å²) in [7, 11) is 1.58. The highest BCUT2D eigenvalue weighted by Crippen LogP contribution is 2.49. The van der Waals surface area contributed by atoms with E-state index < -0.39 is 17.3 Å². The van der Waals surface area contributed by atoms with E-state index in [1.165, 1.54) is 17.0 Å². The lowest BCUT2D eigenvalue weighted by Gasteiger charge is -2.51. The molecular weight excluding hydrogens is 559 g/mol. The number of fused-ring (bicyclic) bond motifs is 5. The second kappa shape index (κ2) is 10.4. The van der Waals surface area contributed by atoms with E-state index in [9.17, 15) is 22.8 Å². The van der Waals surface area contributed by atoms with Gasteiger partial charge in [0, 0.05) is 29.9 Å². The number of hydrogen-bond acceptors (Lipinski definition) is 4. The zero-order valence-corrected chi connectivity index (χ0v) is 24.3. The van der Waals surface area contributed by atoms with Crippen molar-refractivity contribution in [3.8, 4) is 11.5 Å². The fourth-order valence-corrected chi connectivity index (χ4v) is 6.42. The Morgan fingerprint density at radius 1 is 1.02 bits per heavy atom. The number of amides is 2. The van der Waals surface area contributed by atoms with Crippen LogP contribution in [0, 0.1) is 0 Å². The van der Waals surface area contributed by atoms with Crippen LogP contribution in [0.2, 0.25) is 0 Å². The van der Waals surface area contributed by atoms with Crippen LogP contribution in [0.5, 0.6) is 11.5 Å². The molecule has 1 N–H and O–H groups in total. The summed E-state index contributed by atoms with van der Waals surface area (Å²) >= 11 is 0. The molecule has 6 rings (SSSR count). The molecule has 0 saturated carbocycles. The maximum absolute atomic E-state index is 14.3. The molecule has 1 unspecified atom stereocenters. The lowest BCUT2D eigenvalue weighted by atomic mass is 9.76. The van der Waals surface area contributed by atoms with Crippen LogP contribution in [0.15, 0.2) is 66.7 Å². The van der Waals surface area contributed by atoms with Gasteiger partial charge < -0.3 is 24.3 Å². The molecule has 0 spiro atoms. The third-order valence-electron chi connectivity index (χ3n) is 8.40. The highest BCUT2D eigenvalue weighted by molar-refractivity contribution is 6.01. The number of hydrogen-bond donors (Lipinski definition) is 1. The summed E-state index contributed by atoms with van der Waals surface area (Å²) in [6, 6.07) is 18.3. The molecule has 1 aromatic heterocycles. The minimum Gasteiger partial charge on any atom is -0.493 e.